The Balaban J connectivity index is 1.27. The monoisotopic (exact) mass is 459 g/mol. The van der Waals surface area contributed by atoms with Gasteiger partial charge in [-0.2, -0.15) is 5.10 Å². The molecule has 35 heavy (non-hydrogen) atoms. The molecule has 1 aliphatic rings. The Labute approximate surface area is 202 Å². The number of H-pyrrole nitrogens is 2. The highest BCUT2D eigenvalue weighted by Gasteiger charge is 2.20. The van der Waals surface area contributed by atoms with Gasteiger partial charge in [-0.05, 0) is 60.6 Å². The molecule has 7 heteroatoms. The first kappa shape index (κ1) is 20.2. The lowest BCUT2D eigenvalue weighted by atomic mass is 10.0. The molecule has 0 spiro atoms. The van der Waals surface area contributed by atoms with E-state index in [2.05, 4.69) is 97.7 Å². The maximum absolute atomic E-state index is 5.01. The second-order valence-electron chi connectivity index (χ2n) is 9.29. The number of fused-ring (bicyclic) bond motifs is 3. The third-order valence-electron chi connectivity index (χ3n) is 7.06. The molecule has 0 atom stereocenters. The zero-order valence-electron chi connectivity index (χ0n) is 19.5. The number of hydrogen-bond donors (Lipinski definition) is 2. The van der Waals surface area contributed by atoms with Gasteiger partial charge in [0.25, 0.3) is 0 Å². The van der Waals surface area contributed by atoms with Crippen LogP contribution < -0.4 is 4.90 Å². The van der Waals surface area contributed by atoms with Crippen LogP contribution in [0.5, 0.6) is 0 Å². The minimum Gasteiger partial charge on any atom is -0.367 e. The van der Waals surface area contributed by atoms with Crippen LogP contribution in [0.2, 0.25) is 0 Å². The second kappa shape index (κ2) is 7.92. The molecule has 0 radical (unpaired) electrons. The van der Waals surface area contributed by atoms with Crippen LogP contribution in [0, 0.1) is 0 Å². The van der Waals surface area contributed by atoms with Crippen LogP contribution in [-0.4, -0.2) is 63.3 Å². The molecule has 6 aromatic rings. The van der Waals surface area contributed by atoms with E-state index in [0.29, 0.717) is 0 Å². The molecular weight excluding hydrogens is 434 g/mol. The van der Waals surface area contributed by atoms with Crippen LogP contribution in [0.15, 0.2) is 72.9 Å². The average molecular weight is 460 g/mol. The van der Waals surface area contributed by atoms with E-state index in [1.807, 2.05) is 12.3 Å². The molecule has 0 aliphatic carbocycles. The lowest BCUT2D eigenvalue weighted by Crippen LogP contribution is -2.44. The van der Waals surface area contributed by atoms with Gasteiger partial charge >= 0.3 is 0 Å². The number of aromatic nitrogens is 5. The van der Waals surface area contributed by atoms with E-state index < -0.39 is 0 Å². The number of para-hydroxylation sites is 1. The average Bonchev–Trinajstić information content (AvgIpc) is 3.52. The van der Waals surface area contributed by atoms with E-state index in [9.17, 15) is 0 Å². The van der Waals surface area contributed by atoms with Gasteiger partial charge in [0.2, 0.25) is 0 Å². The summed E-state index contributed by atoms with van der Waals surface area (Å²) >= 11 is 0. The third kappa shape index (κ3) is 3.43. The lowest BCUT2D eigenvalue weighted by Gasteiger charge is -2.34. The number of benzene rings is 3. The van der Waals surface area contributed by atoms with Crippen molar-refractivity contribution in [1.82, 2.24) is 30.0 Å². The SMILES string of the molecule is CN1CCN(c2cccc3[nH]c(-c4n[nH]c5cc(-c6ccc7ncccc7c6)ccc45)nc23)CC1. The van der Waals surface area contributed by atoms with Crippen molar-refractivity contribution >= 4 is 38.5 Å². The Kier molecular flexibility index (Phi) is 4.57. The maximum Gasteiger partial charge on any atom is 0.159 e. The normalized spacial score (nSPS) is 14.9. The zero-order chi connectivity index (χ0) is 23.4. The van der Waals surface area contributed by atoms with Gasteiger partial charge in [-0.1, -0.05) is 24.3 Å². The number of piperazine rings is 1. The number of anilines is 1. The lowest BCUT2D eigenvalue weighted by molar-refractivity contribution is 0.313. The van der Waals surface area contributed by atoms with Crippen LogP contribution in [0.3, 0.4) is 0 Å². The molecule has 172 valence electrons. The van der Waals surface area contributed by atoms with Gasteiger partial charge in [-0.25, -0.2) is 4.98 Å². The summed E-state index contributed by atoms with van der Waals surface area (Å²) in [5.41, 5.74) is 8.36. The van der Waals surface area contributed by atoms with Crippen molar-refractivity contribution in [2.45, 2.75) is 0 Å². The highest BCUT2D eigenvalue weighted by molar-refractivity contribution is 5.97. The number of rotatable bonds is 3. The summed E-state index contributed by atoms with van der Waals surface area (Å²) in [6.07, 6.45) is 1.83. The number of pyridine rings is 1. The van der Waals surface area contributed by atoms with E-state index in [1.54, 1.807) is 0 Å². The number of aromatic amines is 2. The van der Waals surface area contributed by atoms with Crippen molar-refractivity contribution in [3.63, 3.8) is 0 Å². The van der Waals surface area contributed by atoms with Crippen molar-refractivity contribution in [1.29, 1.82) is 0 Å². The number of hydrogen-bond acceptors (Lipinski definition) is 5. The van der Waals surface area contributed by atoms with Crippen LogP contribution in [0.25, 0.3) is 55.5 Å². The Morgan fingerprint density at radius 3 is 2.60 bits per heavy atom. The number of nitrogens with one attached hydrogen (secondary N) is 2. The fraction of sp³-hybridized carbons (Fsp3) is 0.179. The van der Waals surface area contributed by atoms with E-state index in [-0.39, 0.29) is 0 Å². The van der Waals surface area contributed by atoms with Crippen molar-refractivity contribution in [3.05, 3.63) is 72.9 Å². The van der Waals surface area contributed by atoms with Crippen molar-refractivity contribution in [3.8, 4) is 22.6 Å². The predicted octanol–water partition coefficient (Wildman–Crippen LogP) is 5.07. The molecule has 2 N–H and O–H groups in total. The molecular formula is C28H25N7. The summed E-state index contributed by atoms with van der Waals surface area (Å²) in [5, 5.41) is 10.1. The first-order valence-corrected chi connectivity index (χ1v) is 12.0. The predicted molar refractivity (Wildman–Crippen MR) is 142 cm³/mol. The van der Waals surface area contributed by atoms with Gasteiger partial charge in [-0.3, -0.25) is 10.1 Å². The van der Waals surface area contributed by atoms with Crippen LogP contribution in [-0.2, 0) is 0 Å². The number of nitrogens with zero attached hydrogens (tertiary/aromatic N) is 5. The summed E-state index contributed by atoms with van der Waals surface area (Å²) in [4.78, 5) is 17.7. The van der Waals surface area contributed by atoms with E-state index in [4.69, 9.17) is 4.98 Å². The summed E-state index contributed by atoms with van der Waals surface area (Å²) in [6, 6.07) is 23.2. The summed E-state index contributed by atoms with van der Waals surface area (Å²) in [7, 11) is 2.18. The topological polar surface area (TPSA) is 76.7 Å². The molecule has 0 unspecified atom stereocenters. The molecule has 3 aromatic carbocycles. The fourth-order valence-corrected chi connectivity index (χ4v) is 5.07. The molecule has 0 saturated carbocycles. The highest BCUT2D eigenvalue weighted by atomic mass is 15.3. The summed E-state index contributed by atoms with van der Waals surface area (Å²) in [5.74, 6) is 0.789. The highest BCUT2D eigenvalue weighted by Crippen LogP contribution is 2.33. The summed E-state index contributed by atoms with van der Waals surface area (Å²) in [6.45, 7) is 4.15. The first-order valence-electron chi connectivity index (χ1n) is 12.0. The first-order chi connectivity index (χ1) is 17.2. The van der Waals surface area contributed by atoms with Gasteiger partial charge in [0.1, 0.15) is 11.2 Å². The molecule has 0 bridgehead atoms. The maximum atomic E-state index is 5.01. The van der Waals surface area contributed by atoms with Crippen molar-refractivity contribution in [2.75, 3.05) is 38.1 Å². The number of imidazole rings is 1. The minimum atomic E-state index is 0.789. The Bertz CT molecular complexity index is 1690. The molecule has 7 rings (SSSR count). The standard InChI is InChI=1S/C28H25N7/c1-34-12-14-35(15-13-34)25-6-2-5-23-27(25)31-28(30-23)26-21-9-7-19(17-24(21)32-33-26)18-8-10-22-20(16-18)4-3-11-29-22/h2-11,16-17H,12-15H2,1H3,(H,30,31)(H,32,33). The van der Waals surface area contributed by atoms with Crippen LogP contribution in [0.4, 0.5) is 5.69 Å². The molecule has 1 fully saturated rings. The van der Waals surface area contributed by atoms with E-state index in [1.165, 1.54) is 5.69 Å². The molecule has 7 nitrogen and oxygen atoms in total. The Morgan fingerprint density at radius 1 is 0.829 bits per heavy atom. The quantitative estimate of drug-likeness (QED) is 0.386. The van der Waals surface area contributed by atoms with Crippen molar-refractivity contribution < 1.29 is 0 Å². The number of likely N-dealkylation sites (N-methyl/N-ethyl adjacent to an activating group) is 1. The molecule has 3 aromatic heterocycles. The smallest absolute Gasteiger partial charge is 0.159 e. The van der Waals surface area contributed by atoms with E-state index in [0.717, 1.165) is 81.7 Å². The molecule has 1 saturated heterocycles. The van der Waals surface area contributed by atoms with Crippen molar-refractivity contribution in [2.24, 2.45) is 0 Å². The van der Waals surface area contributed by atoms with Crippen LogP contribution in [0.1, 0.15) is 0 Å². The molecule has 1 aliphatic heterocycles. The Hall–Kier alpha value is -4.23. The van der Waals surface area contributed by atoms with Gasteiger partial charge in [0, 0.05) is 43.1 Å². The van der Waals surface area contributed by atoms with E-state index >= 15 is 0 Å². The Morgan fingerprint density at radius 2 is 1.69 bits per heavy atom. The molecule has 0 amide bonds. The van der Waals surface area contributed by atoms with Gasteiger partial charge in [0.15, 0.2) is 5.82 Å². The molecule has 4 heterocycles. The third-order valence-corrected chi connectivity index (χ3v) is 7.06. The second-order valence-corrected chi connectivity index (χ2v) is 9.29. The minimum absolute atomic E-state index is 0.789. The summed E-state index contributed by atoms with van der Waals surface area (Å²) < 4.78 is 0. The fourth-order valence-electron chi connectivity index (χ4n) is 5.07. The van der Waals surface area contributed by atoms with Gasteiger partial charge < -0.3 is 14.8 Å². The zero-order valence-corrected chi connectivity index (χ0v) is 19.5. The van der Waals surface area contributed by atoms with Gasteiger partial charge in [-0.15, -0.1) is 0 Å². The van der Waals surface area contributed by atoms with Gasteiger partial charge in [0.05, 0.1) is 22.2 Å². The largest absolute Gasteiger partial charge is 0.367 e. The van der Waals surface area contributed by atoms with Crippen LogP contribution >= 0.6 is 0 Å².